The van der Waals surface area contributed by atoms with Gasteiger partial charge in [0.2, 0.25) is 10.0 Å². The van der Waals surface area contributed by atoms with Gasteiger partial charge in [0.15, 0.2) is 0 Å². The van der Waals surface area contributed by atoms with Crippen LogP contribution in [0.1, 0.15) is 12.0 Å². The number of benzene rings is 1. The molecule has 6 heteroatoms. The minimum Gasteiger partial charge on any atom is -0.315 e. The fraction of sp³-hybridized carbons (Fsp3) is 0.455. The second-order valence-electron chi connectivity index (χ2n) is 4.23. The smallest absolute Gasteiger partial charge is 0.236 e. The van der Waals surface area contributed by atoms with Crippen molar-refractivity contribution in [3.8, 4) is 0 Å². The van der Waals surface area contributed by atoms with Crippen molar-refractivity contribution in [3.05, 3.63) is 29.6 Å². The first kappa shape index (κ1) is 12.3. The molecular formula is C11H15FN2O2S. The maximum atomic E-state index is 13.0. The molecule has 0 spiro atoms. The van der Waals surface area contributed by atoms with Crippen molar-refractivity contribution in [1.29, 1.82) is 0 Å². The van der Waals surface area contributed by atoms with E-state index in [-0.39, 0.29) is 5.82 Å². The molecule has 2 rings (SSSR count). The van der Waals surface area contributed by atoms with Gasteiger partial charge in [-0.15, -0.1) is 0 Å². The Kier molecular flexibility index (Phi) is 3.35. The van der Waals surface area contributed by atoms with Crippen LogP contribution in [0.4, 0.5) is 10.1 Å². The Morgan fingerprint density at radius 2 is 2.24 bits per heavy atom. The van der Waals surface area contributed by atoms with Crippen molar-refractivity contribution < 1.29 is 12.8 Å². The Morgan fingerprint density at radius 1 is 1.47 bits per heavy atom. The van der Waals surface area contributed by atoms with E-state index >= 15 is 0 Å². The second kappa shape index (κ2) is 4.62. The molecule has 17 heavy (non-hydrogen) atoms. The third-order valence-electron chi connectivity index (χ3n) is 2.87. The first-order valence-corrected chi connectivity index (χ1v) is 7.02. The van der Waals surface area contributed by atoms with Gasteiger partial charge in [-0.1, -0.05) is 0 Å². The van der Waals surface area contributed by atoms with Gasteiger partial charge in [-0.05, 0) is 43.7 Å². The van der Waals surface area contributed by atoms with Gasteiger partial charge >= 0.3 is 0 Å². The summed E-state index contributed by atoms with van der Waals surface area (Å²) in [4.78, 5) is 0. The van der Waals surface area contributed by atoms with Crippen LogP contribution in [0, 0.1) is 12.7 Å². The zero-order valence-electron chi connectivity index (χ0n) is 9.53. The van der Waals surface area contributed by atoms with Crippen LogP contribution in [0.3, 0.4) is 0 Å². The van der Waals surface area contributed by atoms with Crippen molar-refractivity contribution in [1.82, 2.24) is 5.32 Å². The molecule has 1 unspecified atom stereocenters. The van der Waals surface area contributed by atoms with Crippen molar-refractivity contribution in [3.63, 3.8) is 0 Å². The van der Waals surface area contributed by atoms with Crippen LogP contribution >= 0.6 is 0 Å². The lowest BCUT2D eigenvalue weighted by Gasteiger charge is -2.13. The molecule has 1 heterocycles. The summed E-state index contributed by atoms with van der Waals surface area (Å²) in [6.45, 7) is 2.79. The van der Waals surface area contributed by atoms with Gasteiger partial charge in [-0.2, -0.15) is 0 Å². The number of rotatable bonds is 3. The maximum absolute atomic E-state index is 13.0. The number of hydrogen-bond acceptors (Lipinski definition) is 3. The van der Waals surface area contributed by atoms with E-state index in [9.17, 15) is 12.8 Å². The number of hydrogen-bond donors (Lipinski definition) is 2. The predicted octanol–water partition coefficient (Wildman–Crippen LogP) is 1.24. The molecule has 2 N–H and O–H groups in total. The largest absolute Gasteiger partial charge is 0.315 e. The molecule has 0 aliphatic carbocycles. The number of sulfonamides is 1. The summed E-state index contributed by atoms with van der Waals surface area (Å²) in [7, 11) is -3.38. The topological polar surface area (TPSA) is 58.2 Å². The van der Waals surface area contributed by atoms with Gasteiger partial charge in [-0.3, -0.25) is 4.72 Å². The molecule has 0 radical (unpaired) electrons. The average Bonchev–Trinajstić information content (AvgIpc) is 2.77. The molecule has 4 nitrogen and oxygen atoms in total. The third kappa shape index (κ3) is 2.76. The van der Waals surface area contributed by atoms with Gasteiger partial charge in [0.1, 0.15) is 5.82 Å². The molecule has 1 aromatic rings. The van der Waals surface area contributed by atoms with E-state index in [1.807, 2.05) is 0 Å². The molecule has 0 aromatic heterocycles. The zero-order chi connectivity index (χ0) is 12.5. The van der Waals surface area contributed by atoms with Crippen molar-refractivity contribution in [2.45, 2.75) is 18.6 Å². The third-order valence-corrected chi connectivity index (χ3v) is 4.67. The van der Waals surface area contributed by atoms with Gasteiger partial charge in [0.25, 0.3) is 0 Å². The van der Waals surface area contributed by atoms with Crippen molar-refractivity contribution in [2.75, 3.05) is 17.8 Å². The van der Waals surface area contributed by atoms with E-state index < -0.39 is 15.3 Å². The molecule has 1 aliphatic heterocycles. The van der Waals surface area contributed by atoms with Crippen LogP contribution < -0.4 is 10.0 Å². The normalized spacial score (nSPS) is 20.5. The van der Waals surface area contributed by atoms with Gasteiger partial charge < -0.3 is 5.32 Å². The van der Waals surface area contributed by atoms with Gasteiger partial charge in [0.05, 0.1) is 5.25 Å². The van der Waals surface area contributed by atoms with Gasteiger partial charge in [0, 0.05) is 12.2 Å². The number of anilines is 1. The summed E-state index contributed by atoms with van der Waals surface area (Å²) in [6.07, 6.45) is 0.607. The highest BCUT2D eigenvalue weighted by Gasteiger charge is 2.28. The van der Waals surface area contributed by atoms with E-state index in [1.165, 1.54) is 18.2 Å². The molecule has 1 aliphatic rings. The lowest BCUT2D eigenvalue weighted by molar-refractivity contribution is 0.588. The molecule has 1 saturated heterocycles. The zero-order valence-corrected chi connectivity index (χ0v) is 10.3. The molecule has 0 bridgehead atoms. The number of aryl methyl sites for hydroxylation is 1. The second-order valence-corrected chi connectivity index (χ2v) is 6.19. The van der Waals surface area contributed by atoms with Crippen LogP contribution in [-0.2, 0) is 10.0 Å². The van der Waals surface area contributed by atoms with Crippen LogP contribution in [0.2, 0.25) is 0 Å². The molecule has 1 fully saturated rings. The summed E-state index contributed by atoms with van der Waals surface area (Å²) >= 11 is 0. The van der Waals surface area contributed by atoms with Crippen molar-refractivity contribution >= 4 is 15.7 Å². The summed E-state index contributed by atoms with van der Waals surface area (Å²) < 4.78 is 39.4. The highest BCUT2D eigenvalue weighted by Crippen LogP contribution is 2.18. The predicted molar refractivity (Wildman–Crippen MR) is 65.0 cm³/mol. The quantitative estimate of drug-likeness (QED) is 0.857. The lowest BCUT2D eigenvalue weighted by atomic mass is 10.2. The van der Waals surface area contributed by atoms with Gasteiger partial charge in [-0.25, -0.2) is 12.8 Å². The van der Waals surface area contributed by atoms with E-state index in [4.69, 9.17) is 0 Å². The summed E-state index contributed by atoms with van der Waals surface area (Å²) in [5.41, 5.74) is 0.838. The first-order valence-electron chi connectivity index (χ1n) is 5.47. The molecule has 0 amide bonds. The Hall–Kier alpha value is -1.14. The summed E-state index contributed by atoms with van der Waals surface area (Å²) in [5.74, 6) is -0.338. The highest BCUT2D eigenvalue weighted by atomic mass is 32.2. The number of nitrogens with one attached hydrogen (secondary N) is 2. The molecular weight excluding hydrogens is 243 g/mol. The Balaban J connectivity index is 2.17. The summed E-state index contributed by atoms with van der Waals surface area (Å²) in [5, 5.41) is 2.60. The minimum atomic E-state index is -3.38. The Labute approximate surface area is 100 Å². The maximum Gasteiger partial charge on any atom is 0.236 e. The summed E-state index contributed by atoms with van der Waals surface area (Å²) in [6, 6.07) is 4.19. The molecule has 0 saturated carbocycles. The van der Waals surface area contributed by atoms with E-state index in [2.05, 4.69) is 10.0 Å². The minimum absolute atomic E-state index is 0.338. The average molecular weight is 258 g/mol. The van der Waals surface area contributed by atoms with Crippen LogP contribution in [0.15, 0.2) is 18.2 Å². The van der Waals surface area contributed by atoms with Crippen LogP contribution in [0.25, 0.3) is 0 Å². The number of halogens is 1. The van der Waals surface area contributed by atoms with Crippen LogP contribution in [0.5, 0.6) is 0 Å². The Bertz CT molecular complexity index is 510. The van der Waals surface area contributed by atoms with E-state index in [0.717, 1.165) is 0 Å². The molecule has 1 atom stereocenters. The fourth-order valence-electron chi connectivity index (χ4n) is 1.85. The monoisotopic (exact) mass is 258 g/mol. The van der Waals surface area contributed by atoms with E-state index in [0.29, 0.717) is 30.8 Å². The Morgan fingerprint density at radius 3 is 2.82 bits per heavy atom. The SMILES string of the molecule is Cc1cc(NS(=O)(=O)C2CCNC2)ccc1F. The fourth-order valence-corrected chi connectivity index (χ4v) is 3.24. The highest BCUT2D eigenvalue weighted by molar-refractivity contribution is 7.93. The van der Waals surface area contributed by atoms with Crippen molar-refractivity contribution in [2.24, 2.45) is 0 Å². The van der Waals surface area contributed by atoms with E-state index in [1.54, 1.807) is 6.92 Å². The molecule has 1 aromatic carbocycles. The first-order chi connectivity index (χ1) is 7.99. The standard InChI is InChI=1S/C11H15FN2O2S/c1-8-6-9(2-3-11(8)12)14-17(15,16)10-4-5-13-7-10/h2-3,6,10,13-14H,4-5,7H2,1H3. The van der Waals surface area contributed by atoms with Crippen LogP contribution in [-0.4, -0.2) is 26.8 Å². The molecule has 94 valence electrons. The lowest BCUT2D eigenvalue weighted by Crippen LogP contribution is -2.29.